The highest BCUT2D eigenvalue weighted by molar-refractivity contribution is 7.17. The van der Waals surface area contributed by atoms with Gasteiger partial charge < -0.3 is 19.7 Å². The van der Waals surface area contributed by atoms with Gasteiger partial charge in [-0.15, -0.1) is 11.3 Å². The van der Waals surface area contributed by atoms with Gasteiger partial charge >= 0.3 is 0 Å². The Hall–Kier alpha value is -3.07. The number of amides is 1. The number of nitrogens with zero attached hydrogens (tertiary/aromatic N) is 2. The molecule has 2 N–H and O–H groups in total. The van der Waals surface area contributed by atoms with Crippen LogP contribution in [0.25, 0.3) is 21.3 Å². The number of hydrogen-bond donors (Lipinski definition) is 2. The maximum absolute atomic E-state index is 12.8. The van der Waals surface area contributed by atoms with Gasteiger partial charge in [-0.3, -0.25) is 14.6 Å². The van der Waals surface area contributed by atoms with E-state index < -0.39 is 0 Å². The van der Waals surface area contributed by atoms with Crippen molar-refractivity contribution in [3.63, 3.8) is 0 Å². The molecule has 9 heteroatoms. The number of aromatic amines is 1. The first-order valence-electron chi connectivity index (χ1n) is 10.9. The van der Waals surface area contributed by atoms with Crippen LogP contribution in [-0.2, 0) is 4.79 Å². The largest absolute Gasteiger partial charge is 0.493 e. The summed E-state index contributed by atoms with van der Waals surface area (Å²) in [6.45, 7) is 1.32. The molecule has 3 aromatic rings. The number of methoxy groups -OCH3 is 2. The van der Waals surface area contributed by atoms with Crippen molar-refractivity contribution in [1.82, 2.24) is 15.3 Å². The first-order chi connectivity index (χ1) is 15.6. The van der Waals surface area contributed by atoms with Crippen LogP contribution < -0.4 is 25.2 Å². The Labute approximate surface area is 189 Å². The second-order valence-electron chi connectivity index (χ2n) is 8.35. The maximum Gasteiger partial charge on any atom is 0.270 e. The monoisotopic (exact) mass is 454 g/mol. The fraction of sp³-hybridized carbons (Fsp3) is 0.435. The van der Waals surface area contributed by atoms with Crippen LogP contribution >= 0.6 is 11.3 Å². The Morgan fingerprint density at radius 3 is 2.78 bits per heavy atom. The highest BCUT2D eigenvalue weighted by Crippen LogP contribution is 2.37. The molecule has 1 aliphatic heterocycles. The van der Waals surface area contributed by atoms with Gasteiger partial charge in [0.05, 0.1) is 25.7 Å². The fourth-order valence-electron chi connectivity index (χ4n) is 4.20. The molecular weight excluding hydrogens is 428 g/mol. The predicted molar refractivity (Wildman–Crippen MR) is 125 cm³/mol. The third kappa shape index (κ3) is 3.92. The standard InChI is InChI=1S/C23H26N4O4S/c1-30-17-8-5-13(10-18(17)31-2)16-12-32-20-19(16)25-23(26-22(20)29)27-9-3-4-14(11-27)21(28)24-15-6-7-15/h5,8,10,12,14-15H,3-4,6-7,9,11H2,1-2H3,(H,24,28)(H,25,26,29)/t14-/m0/s1. The molecule has 2 aromatic heterocycles. The van der Waals surface area contributed by atoms with E-state index in [4.69, 9.17) is 14.5 Å². The van der Waals surface area contributed by atoms with Gasteiger partial charge in [0.25, 0.3) is 5.56 Å². The van der Waals surface area contributed by atoms with E-state index in [1.807, 2.05) is 28.5 Å². The number of aromatic nitrogens is 2. The van der Waals surface area contributed by atoms with E-state index in [1.54, 1.807) is 14.2 Å². The molecule has 1 aromatic carbocycles. The molecule has 0 unspecified atom stereocenters. The molecule has 2 fully saturated rings. The van der Waals surface area contributed by atoms with Gasteiger partial charge in [0.15, 0.2) is 11.5 Å². The molecule has 1 saturated carbocycles. The third-order valence-corrected chi connectivity index (χ3v) is 7.09. The van der Waals surface area contributed by atoms with Gasteiger partial charge in [0, 0.05) is 30.1 Å². The van der Waals surface area contributed by atoms with Crippen LogP contribution in [0.5, 0.6) is 11.5 Å². The molecule has 5 rings (SSSR count). The van der Waals surface area contributed by atoms with E-state index in [-0.39, 0.29) is 17.4 Å². The summed E-state index contributed by atoms with van der Waals surface area (Å²) < 4.78 is 11.4. The average molecular weight is 455 g/mol. The van der Waals surface area contributed by atoms with Gasteiger partial charge in [-0.2, -0.15) is 0 Å². The smallest absolute Gasteiger partial charge is 0.270 e. The molecule has 1 saturated heterocycles. The predicted octanol–water partition coefficient (Wildman–Crippen LogP) is 3.16. The SMILES string of the molecule is COc1ccc(-c2csc3c(=O)[nH]c(N4CCC[C@H](C(=O)NC5CC5)C4)nc23)cc1OC. The van der Waals surface area contributed by atoms with Crippen molar-refractivity contribution in [2.24, 2.45) is 5.92 Å². The summed E-state index contributed by atoms with van der Waals surface area (Å²) in [5, 5.41) is 5.05. The Balaban J connectivity index is 1.48. The van der Waals surface area contributed by atoms with Crippen molar-refractivity contribution < 1.29 is 14.3 Å². The lowest BCUT2D eigenvalue weighted by Crippen LogP contribution is -2.44. The number of H-pyrrole nitrogens is 1. The van der Waals surface area contributed by atoms with Crippen LogP contribution in [0.15, 0.2) is 28.4 Å². The number of carbonyl (C=O) groups is 1. The topological polar surface area (TPSA) is 96.6 Å². The Kier molecular flexibility index (Phi) is 5.50. The third-order valence-electron chi connectivity index (χ3n) is 6.12. The minimum absolute atomic E-state index is 0.0851. The molecule has 3 heterocycles. The Morgan fingerprint density at radius 2 is 2.03 bits per heavy atom. The lowest BCUT2D eigenvalue weighted by atomic mass is 9.97. The van der Waals surface area contributed by atoms with Crippen LogP contribution in [0.2, 0.25) is 0 Å². The number of piperidine rings is 1. The number of anilines is 1. The number of hydrogen-bond acceptors (Lipinski definition) is 7. The molecule has 0 spiro atoms. The van der Waals surface area contributed by atoms with Gasteiger partial charge in [-0.1, -0.05) is 6.07 Å². The van der Waals surface area contributed by atoms with Crippen LogP contribution in [0.4, 0.5) is 5.95 Å². The lowest BCUT2D eigenvalue weighted by Gasteiger charge is -2.32. The van der Waals surface area contributed by atoms with Gasteiger partial charge in [-0.05, 0) is 43.4 Å². The van der Waals surface area contributed by atoms with Gasteiger partial charge in [0.2, 0.25) is 11.9 Å². The Bertz CT molecular complexity index is 1220. The summed E-state index contributed by atoms with van der Waals surface area (Å²) in [5.74, 6) is 1.81. The van der Waals surface area contributed by atoms with E-state index in [0.717, 1.165) is 43.4 Å². The zero-order valence-corrected chi connectivity index (χ0v) is 19.0. The first-order valence-corrected chi connectivity index (χ1v) is 11.7. The lowest BCUT2D eigenvalue weighted by molar-refractivity contribution is -0.125. The van der Waals surface area contributed by atoms with Crippen molar-refractivity contribution in [3.8, 4) is 22.6 Å². The van der Waals surface area contributed by atoms with Gasteiger partial charge in [-0.25, -0.2) is 4.98 Å². The normalized spacial score (nSPS) is 18.6. The zero-order valence-electron chi connectivity index (χ0n) is 18.1. The molecule has 1 amide bonds. The summed E-state index contributed by atoms with van der Waals surface area (Å²) in [6, 6.07) is 6.02. The minimum Gasteiger partial charge on any atom is -0.493 e. The molecule has 2 aliphatic rings. The van der Waals surface area contributed by atoms with Crippen molar-refractivity contribution in [3.05, 3.63) is 33.9 Å². The number of rotatable bonds is 6. The summed E-state index contributed by atoms with van der Waals surface area (Å²) >= 11 is 1.37. The van der Waals surface area contributed by atoms with Crippen molar-refractivity contribution >= 4 is 33.4 Å². The average Bonchev–Trinajstić information content (AvgIpc) is 3.53. The van der Waals surface area contributed by atoms with E-state index in [9.17, 15) is 9.59 Å². The van der Waals surface area contributed by atoms with Crippen LogP contribution in [0, 0.1) is 5.92 Å². The van der Waals surface area contributed by atoms with E-state index in [0.29, 0.717) is 40.3 Å². The molecule has 0 bridgehead atoms. The zero-order chi connectivity index (χ0) is 22.2. The Morgan fingerprint density at radius 1 is 1.22 bits per heavy atom. The molecule has 0 radical (unpaired) electrons. The number of fused-ring (bicyclic) bond motifs is 1. The molecule has 168 valence electrons. The second kappa shape index (κ2) is 8.46. The van der Waals surface area contributed by atoms with Crippen LogP contribution in [0.3, 0.4) is 0 Å². The molecule has 32 heavy (non-hydrogen) atoms. The number of carbonyl (C=O) groups excluding carboxylic acids is 1. The minimum atomic E-state index is -0.161. The molecular formula is C23H26N4O4S. The van der Waals surface area contributed by atoms with E-state index in [1.165, 1.54) is 11.3 Å². The molecule has 1 aliphatic carbocycles. The van der Waals surface area contributed by atoms with E-state index >= 15 is 0 Å². The number of thiophene rings is 1. The van der Waals surface area contributed by atoms with Crippen molar-refractivity contribution in [1.29, 1.82) is 0 Å². The van der Waals surface area contributed by atoms with Crippen molar-refractivity contribution in [2.45, 2.75) is 31.7 Å². The van der Waals surface area contributed by atoms with E-state index in [2.05, 4.69) is 10.3 Å². The fourth-order valence-corrected chi connectivity index (χ4v) is 5.11. The van der Waals surface area contributed by atoms with Crippen LogP contribution in [-0.4, -0.2) is 49.2 Å². The highest BCUT2D eigenvalue weighted by atomic mass is 32.1. The summed E-state index contributed by atoms with van der Waals surface area (Å²) in [5.41, 5.74) is 2.27. The van der Waals surface area contributed by atoms with Gasteiger partial charge in [0.1, 0.15) is 4.70 Å². The summed E-state index contributed by atoms with van der Waals surface area (Å²) in [7, 11) is 3.20. The quantitative estimate of drug-likeness (QED) is 0.594. The summed E-state index contributed by atoms with van der Waals surface area (Å²) in [4.78, 5) is 35.2. The molecule has 8 nitrogen and oxygen atoms in total. The number of benzene rings is 1. The highest BCUT2D eigenvalue weighted by Gasteiger charge is 2.31. The first kappa shape index (κ1) is 20.8. The molecule has 1 atom stereocenters. The van der Waals surface area contributed by atoms with Crippen LogP contribution in [0.1, 0.15) is 25.7 Å². The van der Waals surface area contributed by atoms with Crippen molar-refractivity contribution in [2.75, 3.05) is 32.2 Å². The number of ether oxygens (including phenoxy) is 2. The second-order valence-corrected chi connectivity index (χ2v) is 9.23. The maximum atomic E-state index is 12.8. The number of nitrogens with one attached hydrogen (secondary N) is 2. The summed E-state index contributed by atoms with van der Waals surface area (Å²) in [6.07, 6.45) is 3.89.